The van der Waals surface area contributed by atoms with Crippen LogP contribution in [0.5, 0.6) is 0 Å². The third-order valence-electron chi connectivity index (χ3n) is 3.02. The van der Waals surface area contributed by atoms with Gasteiger partial charge in [0.05, 0.1) is 6.04 Å². The molecule has 0 spiro atoms. The molecule has 1 aliphatic rings. The van der Waals surface area contributed by atoms with E-state index in [-0.39, 0.29) is 5.91 Å². The first-order chi connectivity index (χ1) is 8.16. The van der Waals surface area contributed by atoms with Gasteiger partial charge >= 0.3 is 0 Å². The molecule has 0 aromatic heterocycles. The first kappa shape index (κ1) is 11.9. The highest BCUT2D eigenvalue weighted by Crippen LogP contribution is 2.21. The van der Waals surface area contributed by atoms with Gasteiger partial charge in [-0.2, -0.15) is 0 Å². The van der Waals surface area contributed by atoms with Crippen molar-refractivity contribution in [1.29, 1.82) is 0 Å². The summed E-state index contributed by atoms with van der Waals surface area (Å²) < 4.78 is 0. The first-order valence-electron chi connectivity index (χ1n) is 6.08. The monoisotopic (exact) mass is 233 g/mol. The van der Waals surface area contributed by atoms with Crippen molar-refractivity contribution in [3.05, 3.63) is 24.3 Å². The number of anilines is 2. The van der Waals surface area contributed by atoms with Gasteiger partial charge in [0, 0.05) is 24.5 Å². The number of nitrogens with zero attached hydrogens (tertiary/aromatic N) is 1. The summed E-state index contributed by atoms with van der Waals surface area (Å²) in [6.07, 6.45) is 2.53. The van der Waals surface area contributed by atoms with E-state index in [0.29, 0.717) is 0 Å². The normalized spacial score (nSPS) is 16.9. The second-order valence-electron chi connectivity index (χ2n) is 4.52. The minimum absolute atomic E-state index is 0.154. The van der Waals surface area contributed by atoms with E-state index in [4.69, 9.17) is 5.73 Å². The predicted molar refractivity (Wildman–Crippen MR) is 70.2 cm³/mol. The Kier molecular flexibility index (Phi) is 3.64. The van der Waals surface area contributed by atoms with Crippen LogP contribution in [0.3, 0.4) is 0 Å². The van der Waals surface area contributed by atoms with E-state index >= 15 is 0 Å². The lowest BCUT2D eigenvalue weighted by Gasteiger charge is -2.18. The molecule has 0 unspecified atom stereocenters. The van der Waals surface area contributed by atoms with Crippen LogP contribution >= 0.6 is 0 Å². The number of carbonyl (C=O) groups excluding carboxylic acids is 1. The fourth-order valence-electron chi connectivity index (χ4n) is 1.99. The number of carbonyl (C=O) groups is 1. The minimum atomic E-state index is -0.478. The van der Waals surface area contributed by atoms with Crippen LogP contribution in [-0.4, -0.2) is 25.0 Å². The van der Waals surface area contributed by atoms with Crippen LogP contribution < -0.4 is 16.0 Å². The van der Waals surface area contributed by atoms with Crippen molar-refractivity contribution in [2.75, 3.05) is 23.3 Å². The summed E-state index contributed by atoms with van der Waals surface area (Å²) in [7, 11) is 0. The Morgan fingerprint density at radius 3 is 2.41 bits per heavy atom. The van der Waals surface area contributed by atoms with Crippen molar-refractivity contribution in [3.8, 4) is 0 Å². The molecule has 0 radical (unpaired) electrons. The molecule has 4 nitrogen and oxygen atoms in total. The molecule has 1 saturated heterocycles. The lowest BCUT2D eigenvalue weighted by Crippen LogP contribution is -2.32. The zero-order chi connectivity index (χ0) is 12.3. The number of benzene rings is 1. The van der Waals surface area contributed by atoms with Crippen LogP contribution in [0.4, 0.5) is 11.4 Å². The van der Waals surface area contributed by atoms with Crippen molar-refractivity contribution >= 4 is 17.3 Å². The highest BCUT2D eigenvalue weighted by atomic mass is 16.2. The van der Waals surface area contributed by atoms with Crippen LogP contribution in [0.2, 0.25) is 0 Å². The van der Waals surface area contributed by atoms with Gasteiger partial charge < -0.3 is 16.0 Å². The maximum absolute atomic E-state index is 11.4. The van der Waals surface area contributed by atoms with Gasteiger partial charge in [-0.25, -0.2) is 0 Å². The van der Waals surface area contributed by atoms with Gasteiger partial charge in [0.2, 0.25) is 5.91 Å². The van der Waals surface area contributed by atoms with Crippen LogP contribution in [0.25, 0.3) is 0 Å². The third-order valence-corrected chi connectivity index (χ3v) is 3.02. The Labute approximate surface area is 102 Å². The molecule has 1 fully saturated rings. The smallest absolute Gasteiger partial charge is 0.240 e. The molecule has 0 aliphatic carbocycles. The highest BCUT2D eigenvalue weighted by Gasteiger charge is 2.12. The number of nitrogens with one attached hydrogen (secondary N) is 1. The first-order valence-corrected chi connectivity index (χ1v) is 6.08. The van der Waals surface area contributed by atoms with Gasteiger partial charge in [-0.3, -0.25) is 4.79 Å². The molecule has 1 aromatic carbocycles. The molecular formula is C13H19N3O. The highest BCUT2D eigenvalue weighted by molar-refractivity contribution is 5.94. The Morgan fingerprint density at radius 2 is 1.88 bits per heavy atom. The molecule has 1 heterocycles. The average Bonchev–Trinajstić information content (AvgIpc) is 2.83. The van der Waals surface area contributed by atoms with E-state index in [9.17, 15) is 4.79 Å². The molecule has 4 heteroatoms. The van der Waals surface area contributed by atoms with Crippen LogP contribution in [0.15, 0.2) is 24.3 Å². The van der Waals surface area contributed by atoms with Gasteiger partial charge in [0.15, 0.2) is 0 Å². The number of nitrogens with two attached hydrogens (primary N) is 1. The molecule has 1 aliphatic heterocycles. The van der Waals surface area contributed by atoms with E-state index in [0.717, 1.165) is 18.8 Å². The topological polar surface area (TPSA) is 58.4 Å². The molecule has 92 valence electrons. The van der Waals surface area contributed by atoms with Gasteiger partial charge in [0.1, 0.15) is 0 Å². The summed E-state index contributed by atoms with van der Waals surface area (Å²) in [5.41, 5.74) is 7.52. The Balaban J connectivity index is 2.00. The molecule has 0 saturated carbocycles. The van der Waals surface area contributed by atoms with Crippen molar-refractivity contribution in [1.82, 2.24) is 0 Å². The summed E-state index contributed by atoms with van der Waals surface area (Å²) in [5.74, 6) is -0.154. The third kappa shape index (κ3) is 2.97. The van der Waals surface area contributed by atoms with Crippen molar-refractivity contribution < 1.29 is 4.79 Å². The van der Waals surface area contributed by atoms with E-state index in [1.165, 1.54) is 18.5 Å². The fourth-order valence-corrected chi connectivity index (χ4v) is 1.99. The maximum atomic E-state index is 11.4. The molecule has 17 heavy (non-hydrogen) atoms. The van der Waals surface area contributed by atoms with Crippen LogP contribution in [0, 0.1) is 0 Å². The Morgan fingerprint density at radius 1 is 1.29 bits per heavy atom. The summed E-state index contributed by atoms with van der Waals surface area (Å²) in [6.45, 7) is 3.94. The van der Waals surface area contributed by atoms with E-state index in [1.807, 2.05) is 24.3 Å². The van der Waals surface area contributed by atoms with Crippen LogP contribution in [0.1, 0.15) is 19.8 Å². The largest absolute Gasteiger partial charge is 0.372 e. The summed E-state index contributed by atoms with van der Waals surface area (Å²) in [6, 6.07) is 7.46. The quantitative estimate of drug-likeness (QED) is 0.833. The summed E-state index contributed by atoms with van der Waals surface area (Å²) in [4.78, 5) is 13.8. The summed E-state index contributed by atoms with van der Waals surface area (Å²) in [5, 5.41) is 2.78. The molecule has 1 aromatic rings. The Bertz CT molecular complexity index is 380. The predicted octanol–water partition coefficient (Wildman–Crippen LogP) is 1.57. The number of hydrogen-bond acceptors (Lipinski definition) is 3. The van der Waals surface area contributed by atoms with E-state index in [2.05, 4.69) is 10.2 Å². The second kappa shape index (κ2) is 5.19. The van der Waals surface area contributed by atoms with E-state index < -0.39 is 6.04 Å². The fraction of sp³-hybridized carbons (Fsp3) is 0.462. The minimum Gasteiger partial charge on any atom is -0.372 e. The summed E-state index contributed by atoms with van der Waals surface area (Å²) >= 11 is 0. The van der Waals surface area contributed by atoms with E-state index in [1.54, 1.807) is 6.92 Å². The number of rotatable bonds is 3. The zero-order valence-electron chi connectivity index (χ0n) is 10.1. The van der Waals surface area contributed by atoms with Crippen molar-refractivity contribution in [2.45, 2.75) is 25.8 Å². The molecular weight excluding hydrogens is 214 g/mol. The van der Waals surface area contributed by atoms with Crippen LogP contribution in [-0.2, 0) is 4.79 Å². The number of amides is 1. The van der Waals surface area contributed by atoms with Gasteiger partial charge in [-0.15, -0.1) is 0 Å². The lowest BCUT2D eigenvalue weighted by atomic mass is 10.2. The van der Waals surface area contributed by atoms with Gasteiger partial charge in [0.25, 0.3) is 0 Å². The lowest BCUT2D eigenvalue weighted by molar-refractivity contribution is -0.117. The molecule has 0 bridgehead atoms. The maximum Gasteiger partial charge on any atom is 0.240 e. The van der Waals surface area contributed by atoms with Gasteiger partial charge in [-0.1, -0.05) is 0 Å². The average molecular weight is 233 g/mol. The molecule has 2 rings (SSSR count). The Hall–Kier alpha value is -1.55. The van der Waals surface area contributed by atoms with Crippen molar-refractivity contribution in [3.63, 3.8) is 0 Å². The second-order valence-corrected chi connectivity index (χ2v) is 4.52. The SMILES string of the molecule is C[C@@H](N)C(=O)Nc1ccc(N2CCCC2)cc1. The molecule has 1 amide bonds. The van der Waals surface area contributed by atoms with Crippen molar-refractivity contribution in [2.24, 2.45) is 5.73 Å². The standard InChI is InChI=1S/C13H19N3O/c1-10(14)13(17)15-11-4-6-12(7-5-11)16-8-2-3-9-16/h4-7,10H,2-3,8-9,14H2,1H3,(H,15,17)/t10-/m1/s1. The molecule has 3 N–H and O–H groups in total. The molecule has 1 atom stereocenters. The number of hydrogen-bond donors (Lipinski definition) is 2. The zero-order valence-corrected chi connectivity index (χ0v) is 10.1. The van der Waals surface area contributed by atoms with Gasteiger partial charge in [-0.05, 0) is 44.0 Å².